The molecule has 1 aromatic carbocycles. The Kier molecular flexibility index (Phi) is 5.11. The van der Waals surface area contributed by atoms with Crippen molar-refractivity contribution in [3.8, 4) is 0 Å². The van der Waals surface area contributed by atoms with Crippen molar-refractivity contribution >= 4 is 9.84 Å². The van der Waals surface area contributed by atoms with Crippen molar-refractivity contribution in [2.45, 2.75) is 24.4 Å². The Bertz CT molecular complexity index is 440. The lowest BCUT2D eigenvalue weighted by Crippen LogP contribution is -2.34. The van der Waals surface area contributed by atoms with Gasteiger partial charge in [0.1, 0.15) is 0 Å². The molecule has 5 heteroatoms. The highest BCUT2D eigenvalue weighted by atomic mass is 32.2. The first kappa shape index (κ1) is 14.2. The summed E-state index contributed by atoms with van der Waals surface area (Å²) in [5.74, 6) is 0. The Labute approximate surface area is 103 Å². The summed E-state index contributed by atoms with van der Waals surface area (Å²) in [6.07, 6.45) is 1.22. The van der Waals surface area contributed by atoms with Gasteiger partial charge in [-0.2, -0.15) is 0 Å². The molecule has 0 aliphatic rings. The molecule has 0 aliphatic heterocycles. The van der Waals surface area contributed by atoms with Gasteiger partial charge in [-0.1, -0.05) is 12.1 Å². The van der Waals surface area contributed by atoms with Crippen LogP contribution in [0.5, 0.6) is 0 Å². The average molecular weight is 256 g/mol. The zero-order valence-corrected chi connectivity index (χ0v) is 11.3. The quantitative estimate of drug-likeness (QED) is 0.790. The number of likely N-dealkylation sites (N-methyl/N-ethyl adjacent to an activating group) is 1. The molecule has 0 radical (unpaired) electrons. The lowest BCUT2D eigenvalue weighted by atomic mass is 10.2. The van der Waals surface area contributed by atoms with Crippen LogP contribution in [0.3, 0.4) is 0 Å². The molecule has 0 saturated carbocycles. The van der Waals surface area contributed by atoms with Crippen LogP contribution in [0.2, 0.25) is 0 Å². The lowest BCUT2D eigenvalue weighted by Gasteiger charge is -2.13. The summed E-state index contributed by atoms with van der Waals surface area (Å²) in [6.45, 7) is 3.75. The van der Waals surface area contributed by atoms with E-state index in [4.69, 9.17) is 0 Å². The van der Waals surface area contributed by atoms with Crippen LogP contribution < -0.4 is 10.6 Å². The van der Waals surface area contributed by atoms with Gasteiger partial charge in [-0.15, -0.1) is 0 Å². The Morgan fingerprint density at radius 2 is 1.82 bits per heavy atom. The molecule has 1 rings (SSSR count). The SMILES string of the molecule is CNCC(C)NCc1ccc(S(C)(=O)=O)cc1. The molecule has 0 heterocycles. The highest BCUT2D eigenvalue weighted by Crippen LogP contribution is 2.10. The van der Waals surface area contributed by atoms with Crippen LogP contribution in [0.1, 0.15) is 12.5 Å². The van der Waals surface area contributed by atoms with Crippen molar-refractivity contribution in [1.82, 2.24) is 10.6 Å². The highest BCUT2D eigenvalue weighted by Gasteiger charge is 2.06. The second-order valence-corrected chi connectivity index (χ2v) is 6.27. The Morgan fingerprint density at radius 1 is 1.24 bits per heavy atom. The average Bonchev–Trinajstić information content (AvgIpc) is 2.26. The van der Waals surface area contributed by atoms with Crippen LogP contribution in [0, 0.1) is 0 Å². The molecule has 0 aromatic heterocycles. The lowest BCUT2D eigenvalue weighted by molar-refractivity contribution is 0.523. The van der Waals surface area contributed by atoms with Crippen LogP contribution in [0.4, 0.5) is 0 Å². The maximum atomic E-state index is 11.3. The van der Waals surface area contributed by atoms with Crippen molar-refractivity contribution in [3.63, 3.8) is 0 Å². The third-order valence-corrected chi connectivity index (χ3v) is 3.64. The van der Waals surface area contributed by atoms with Gasteiger partial charge >= 0.3 is 0 Å². The van der Waals surface area contributed by atoms with E-state index in [-0.39, 0.29) is 0 Å². The van der Waals surface area contributed by atoms with E-state index in [1.807, 2.05) is 19.2 Å². The zero-order valence-electron chi connectivity index (χ0n) is 10.5. The van der Waals surface area contributed by atoms with E-state index in [2.05, 4.69) is 17.6 Å². The van der Waals surface area contributed by atoms with Crippen LogP contribution in [0.25, 0.3) is 0 Å². The molecule has 1 aromatic rings. The summed E-state index contributed by atoms with van der Waals surface area (Å²) in [5.41, 5.74) is 1.08. The Balaban J connectivity index is 2.57. The number of rotatable bonds is 6. The molecule has 17 heavy (non-hydrogen) atoms. The van der Waals surface area contributed by atoms with E-state index >= 15 is 0 Å². The predicted octanol–water partition coefficient (Wildman–Crippen LogP) is 0.788. The van der Waals surface area contributed by atoms with Crippen LogP contribution >= 0.6 is 0 Å². The van der Waals surface area contributed by atoms with Gasteiger partial charge in [0.2, 0.25) is 0 Å². The molecule has 0 bridgehead atoms. The van der Waals surface area contributed by atoms with E-state index in [1.54, 1.807) is 12.1 Å². The van der Waals surface area contributed by atoms with Crippen LogP contribution in [-0.2, 0) is 16.4 Å². The normalized spacial score (nSPS) is 13.6. The fraction of sp³-hybridized carbons (Fsp3) is 0.500. The molecule has 4 nitrogen and oxygen atoms in total. The molecular weight excluding hydrogens is 236 g/mol. The number of nitrogens with one attached hydrogen (secondary N) is 2. The van der Waals surface area contributed by atoms with E-state index in [9.17, 15) is 8.42 Å². The van der Waals surface area contributed by atoms with Crippen molar-refractivity contribution in [1.29, 1.82) is 0 Å². The second kappa shape index (κ2) is 6.14. The third-order valence-electron chi connectivity index (χ3n) is 2.52. The smallest absolute Gasteiger partial charge is 0.175 e. The van der Waals surface area contributed by atoms with Gasteiger partial charge in [-0.3, -0.25) is 0 Å². The topological polar surface area (TPSA) is 58.2 Å². The van der Waals surface area contributed by atoms with E-state index in [0.717, 1.165) is 18.7 Å². The van der Waals surface area contributed by atoms with Crippen LogP contribution in [-0.4, -0.2) is 34.3 Å². The summed E-state index contributed by atoms with van der Waals surface area (Å²) < 4.78 is 22.5. The molecule has 1 unspecified atom stereocenters. The summed E-state index contributed by atoms with van der Waals surface area (Å²) in [5, 5.41) is 6.44. The highest BCUT2D eigenvalue weighted by molar-refractivity contribution is 7.90. The van der Waals surface area contributed by atoms with E-state index in [0.29, 0.717) is 10.9 Å². The first-order chi connectivity index (χ1) is 7.93. The number of hydrogen-bond donors (Lipinski definition) is 2. The van der Waals surface area contributed by atoms with E-state index in [1.165, 1.54) is 6.26 Å². The van der Waals surface area contributed by atoms with Gasteiger partial charge in [0.15, 0.2) is 9.84 Å². The van der Waals surface area contributed by atoms with Crippen LogP contribution in [0.15, 0.2) is 29.2 Å². The minimum atomic E-state index is -3.09. The summed E-state index contributed by atoms with van der Waals surface area (Å²) in [7, 11) is -1.17. The maximum Gasteiger partial charge on any atom is 0.175 e. The molecule has 0 amide bonds. The van der Waals surface area contributed by atoms with Crippen molar-refractivity contribution < 1.29 is 8.42 Å². The number of sulfone groups is 1. The van der Waals surface area contributed by atoms with E-state index < -0.39 is 9.84 Å². The summed E-state index contributed by atoms with van der Waals surface area (Å²) in [4.78, 5) is 0.365. The van der Waals surface area contributed by atoms with Gasteiger partial charge in [-0.05, 0) is 31.7 Å². The number of benzene rings is 1. The van der Waals surface area contributed by atoms with Crippen molar-refractivity contribution in [2.75, 3.05) is 19.8 Å². The van der Waals surface area contributed by atoms with Gasteiger partial charge in [-0.25, -0.2) is 8.42 Å². The zero-order chi connectivity index (χ0) is 12.9. The molecule has 0 aliphatic carbocycles. The minimum absolute atomic E-state index is 0.365. The monoisotopic (exact) mass is 256 g/mol. The summed E-state index contributed by atoms with van der Waals surface area (Å²) >= 11 is 0. The fourth-order valence-electron chi connectivity index (χ4n) is 1.52. The standard InChI is InChI=1S/C12H20N2O2S/c1-10(8-13-2)14-9-11-4-6-12(7-5-11)17(3,15)16/h4-7,10,13-14H,8-9H2,1-3H3. The molecule has 0 saturated heterocycles. The molecular formula is C12H20N2O2S. The number of hydrogen-bond acceptors (Lipinski definition) is 4. The van der Waals surface area contributed by atoms with Gasteiger partial charge in [0.05, 0.1) is 4.90 Å². The van der Waals surface area contributed by atoms with Gasteiger partial charge < -0.3 is 10.6 Å². The first-order valence-corrected chi connectivity index (χ1v) is 7.49. The largest absolute Gasteiger partial charge is 0.318 e. The molecule has 0 spiro atoms. The fourth-order valence-corrected chi connectivity index (χ4v) is 2.16. The van der Waals surface area contributed by atoms with Crippen molar-refractivity contribution in [2.24, 2.45) is 0 Å². The molecule has 0 fully saturated rings. The summed E-state index contributed by atoms with van der Waals surface area (Å²) in [6, 6.07) is 7.37. The first-order valence-electron chi connectivity index (χ1n) is 5.60. The van der Waals surface area contributed by atoms with Gasteiger partial charge in [0, 0.05) is 25.4 Å². The predicted molar refractivity (Wildman–Crippen MR) is 69.8 cm³/mol. The minimum Gasteiger partial charge on any atom is -0.318 e. The Hall–Kier alpha value is -0.910. The Morgan fingerprint density at radius 3 is 2.29 bits per heavy atom. The van der Waals surface area contributed by atoms with Crippen molar-refractivity contribution in [3.05, 3.63) is 29.8 Å². The van der Waals surface area contributed by atoms with Gasteiger partial charge in [0.25, 0.3) is 0 Å². The maximum absolute atomic E-state index is 11.3. The second-order valence-electron chi connectivity index (χ2n) is 4.26. The third kappa shape index (κ3) is 4.85. The molecule has 2 N–H and O–H groups in total. The molecule has 96 valence electrons. The molecule has 1 atom stereocenters.